The molecule has 1 fully saturated rings. The lowest BCUT2D eigenvalue weighted by molar-refractivity contribution is 0.167. The van der Waals surface area contributed by atoms with Gasteiger partial charge in [-0.2, -0.15) is 0 Å². The molecule has 0 bridgehead atoms. The van der Waals surface area contributed by atoms with Crippen LogP contribution >= 0.6 is 12.2 Å². The summed E-state index contributed by atoms with van der Waals surface area (Å²) in [7, 11) is 0. The van der Waals surface area contributed by atoms with E-state index >= 15 is 0 Å². The number of aromatic nitrogens is 2. The first-order valence-corrected chi connectivity index (χ1v) is 7.02. The Morgan fingerprint density at radius 2 is 1.90 bits per heavy atom. The van der Waals surface area contributed by atoms with Crippen molar-refractivity contribution in [3.05, 3.63) is 17.8 Å². The third kappa shape index (κ3) is 2.73. The van der Waals surface area contributed by atoms with Gasteiger partial charge in [-0.1, -0.05) is 12.2 Å². The molecule has 2 N–H and O–H groups in total. The fourth-order valence-electron chi connectivity index (χ4n) is 2.30. The number of nitrogens with two attached hydrogens (primary N) is 1. The normalized spacial score (nSPS) is 17.3. The quantitative estimate of drug-likeness (QED) is 0.844. The van der Waals surface area contributed by atoms with Gasteiger partial charge in [-0.3, -0.25) is 4.90 Å². The third-order valence-corrected chi connectivity index (χ3v) is 4.42. The summed E-state index contributed by atoms with van der Waals surface area (Å²) in [6.45, 7) is 8.60. The summed E-state index contributed by atoms with van der Waals surface area (Å²) in [5.74, 6) is 0.0415. The maximum Gasteiger partial charge on any atom is 0.186 e. The van der Waals surface area contributed by atoms with Crippen LogP contribution < -0.4 is 10.6 Å². The van der Waals surface area contributed by atoms with E-state index in [0.29, 0.717) is 29.6 Å². The molecule has 7 heteroatoms. The molecule has 2 heterocycles. The molecule has 1 aromatic heterocycles. The minimum Gasteiger partial charge on any atom is -0.392 e. The molecule has 0 aliphatic carbocycles. The number of thiocarbonyl (C=S) groups is 1. The Hall–Kier alpha value is -1.34. The fourth-order valence-corrected chi connectivity index (χ4v) is 2.43. The molecule has 0 amide bonds. The Kier molecular flexibility index (Phi) is 4.19. The van der Waals surface area contributed by atoms with Crippen LogP contribution in [0, 0.1) is 12.7 Å². The molecule has 0 radical (unpaired) electrons. The Morgan fingerprint density at radius 3 is 2.45 bits per heavy atom. The van der Waals surface area contributed by atoms with E-state index in [-0.39, 0.29) is 11.4 Å². The van der Waals surface area contributed by atoms with E-state index in [0.717, 1.165) is 13.1 Å². The Balaban J connectivity index is 2.08. The summed E-state index contributed by atoms with van der Waals surface area (Å²) < 4.78 is 14.0. The van der Waals surface area contributed by atoms with E-state index in [1.54, 1.807) is 6.92 Å². The molecule has 0 aromatic carbocycles. The van der Waals surface area contributed by atoms with Crippen LogP contribution in [0.2, 0.25) is 0 Å². The first-order chi connectivity index (χ1) is 9.34. The first-order valence-electron chi connectivity index (χ1n) is 6.61. The van der Waals surface area contributed by atoms with Crippen molar-refractivity contribution < 1.29 is 4.39 Å². The molecule has 0 saturated carbocycles. The third-order valence-electron chi connectivity index (χ3n) is 3.92. The second-order valence-corrected chi connectivity index (χ2v) is 5.93. The van der Waals surface area contributed by atoms with Crippen LogP contribution in [0.3, 0.4) is 0 Å². The maximum atomic E-state index is 14.0. The monoisotopic (exact) mass is 297 g/mol. The lowest BCUT2D eigenvalue weighted by Crippen LogP contribution is -2.59. The molecule has 1 aliphatic rings. The van der Waals surface area contributed by atoms with E-state index in [4.69, 9.17) is 18.0 Å². The zero-order valence-corrected chi connectivity index (χ0v) is 12.9. The Labute approximate surface area is 124 Å². The number of hydrogen-bond donors (Lipinski definition) is 1. The summed E-state index contributed by atoms with van der Waals surface area (Å²) in [5.41, 5.74) is 5.84. The van der Waals surface area contributed by atoms with E-state index in [2.05, 4.69) is 14.9 Å². The van der Waals surface area contributed by atoms with Gasteiger partial charge in [-0.25, -0.2) is 14.4 Å². The first kappa shape index (κ1) is 15.1. The molecule has 0 atom stereocenters. The number of rotatable bonds is 3. The molecule has 5 nitrogen and oxygen atoms in total. The molecule has 110 valence electrons. The molecule has 0 spiro atoms. The fraction of sp³-hybridized carbons (Fsp3) is 0.615. The highest BCUT2D eigenvalue weighted by Gasteiger charge is 2.33. The average molecular weight is 297 g/mol. The Bertz CT molecular complexity index is 511. The number of nitrogens with zero attached hydrogens (tertiary/aromatic N) is 4. The zero-order chi connectivity index (χ0) is 14.9. The highest BCUT2D eigenvalue weighted by atomic mass is 32.1. The molecule has 0 unspecified atom stereocenters. The number of hydrogen-bond acceptors (Lipinski definition) is 5. The van der Waals surface area contributed by atoms with Gasteiger partial charge in [0.1, 0.15) is 6.33 Å². The highest BCUT2D eigenvalue weighted by molar-refractivity contribution is 7.80. The molecule has 1 saturated heterocycles. The van der Waals surface area contributed by atoms with Gasteiger partial charge in [-0.05, 0) is 20.8 Å². The summed E-state index contributed by atoms with van der Waals surface area (Å²) >= 11 is 5.12. The van der Waals surface area contributed by atoms with E-state index in [1.165, 1.54) is 6.33 Å². The minimum atomic E-state index is -0.338. The zero-order valence-electron chi connectivity index (χ0n) is 12.1. The van der Waals surface area contributed by atoms with Crippen molar-refractivity contribution in [3.8, 4) is 0 Å². The van der Waals surface area contributed by atoms with Gasteiger partial charge < -0.3 is 10.6 Å². The van der Waals surface area contributed by atoms with Gasteiger partial charge in [0.2, 0.25) is 0 Å². The van der Waals surface area contributed by atoms with Crippen molar-refractivity contribution in [2.75, 3.05) is 31.1 Å². The smallest absolute Gasteiger partial charge is 0.186 e. The predicted octanol–water partition coefficient (Wildman–Crippen LogP) is 1.11. The molecule has 20 heavy (non-hydrogen) atoms. The standard InChI is InChI=1S/C13H20FN5S/c1-9-10(14)11(17-8-16-9)18-4-6-19(7-5-18)13(2,3)12(15)20/h8H,4-7H2,1-3H3,(H2,15,20). The average Bonchev–Trinajstić information content (AvgIpc) is 2.42. The van der Waals surface area contributed by atoms with Crippen molar-refractivity contribution in [1.29, 1.82) is 0 Å². The van der Waals surface area contributed by atoms with Crippen molar-refractivity contribution in [2.45, 2.75) is 26.3 Å². The van der Waals surface area contributed by atoms with Crippen LogP contribution in [0.15, 0.2) is 6.33 Å². The van der Waals surface area contributed by atoms with Gasteiger partial charge in [0.15, 0.2) is 11.6 Å². The second-order valence-electron chi connectivity index (χ2n) is 5.49. The summed E-state index contributed by atoms with van der Waals surface area (Å²) in [4.78, 5) is 12.6. The van der Waals surface area contributed by atoms with Gasteiger partial charge in [-0.15, -0.1) is 0 Å². The molecule has 2 rings (SSSR count). The lowest BCUT2D eigenvalue weighted by Gasteiger charge is -2.43. The summed E-state index contributed by atoms with van der Waals surface area (Å²) in [5, 5.41) is 0. The number of piperazine rings is 1. The molecule has 1 aromatic rings. The van der Waals surface area contributed by atoms with Crippen molar-refractivity contribution >= 4 is 23.0 Å². The minimum absolute atomic E-state index is 0.318. The van der Waals surface area contributed by atoms with Gasteiger partial charge in [0, 0.05) is 26.2 Å². The highest BCUT2D eigenvalue weighted by Crippen LogP contribution is 2.22. The molecular formula is C13H20FN5S. The number of anilines is 1. The van der Waals surface area contributed by atoms with E-state index in [1.807, 2.05) is 18.7 Å². The topological polar surface area (TPSA) is 58.3 Å². The number of halogens is 1. The van der Waals surface area contributed by atoms with Gasteiger partial charge in [0.25, 0.3) is 0 Å². The van der Waals surface area contributed by atoms with Crippen LogP contribution in [0.4, 0.5) is 10.2 Å². The van der Waals surface area contributed by atoms with Gasteiger partial charge >= 0.3 is 0 Å². The van der Waals surface area contributed by atoms with Crippen LogP contribution in [0.1, 0.15) is 19.5 Å². The predicted molar refractivity (Wildman–Crippen MR) is 81.4 cm³/mol. The van der Waals surface area contributed by atoms with E-state index < -0.39 is 0 Å². The summed E-state index contributed by atoms with van der Waals surface area (Å²) in [6.07, 6.45) is 1.40. The molecule has 1 aliphatic heterocycles. The van der Waals surface area contributed by atoms with Crippen molar-refractivity contribution in [3.63, 3.8) is 0 Å². The second kappa shape index (κ2) is 5.57. The van der Waals surface area contributed by atoms with Crippen molar-refractivity contribution in [2.24, 2.45) is 5.73 Å². The van der Waals surface area contributed by atoms with Crippen LogP contribution in [0.25, 0.3) is 0 Å². The van der Waals surface area contributed by atoms with Crippen LogP contribution in [0.5, 0.6) is 0 Å². The largest absolute Gasteiger partial charge is 0.392 e. The van der Waals surface area contributed by atoms with Crippen LogP contribution in [-0.4, -0.2) is 51.6 Å². The molecular weight excluding hydrogens is 277 g/mol. The Morgan fingerprint density at radius 1 is 1.30 bits per heavy atom. The summed E-state index contributed by atoms with van der Waals surface area (Å²) in [6, 6.07) is 0. The van der Waals surface area contributed by atoms with Gasteiger partial charge in [0.05, 0.1) is 16.2 Å². The van der Waals surface area contributed by atoms with E-state index in [9.17, 15) is 4.39 Å². The number of aryl methyl sites for hydroxylation is 1. The SMILES string of the molecule is Cc1ncnc(N2CCN(C(C)(C)C(N)=S)CC2)c1F. The maximum absolute atomic E-state index is 14.0. The lowest BCUT2D eigenvalue weighted by atomic mass is 10.0. The van der Waals surface area contributed by atoms with Crippen molar-refractivity contribution in [1.82, 2.24) is 14.9 Å². The van der Waals surface area contributed by atoms with Crippen LogP contribution in [-0.2, 0) is 0 Å².